The average Bonchev–Trinajstić information content (AvgIpc) is 2.90. The van der Waals surface area contributed by atoms with Crippen molar-refractivity contribution in [1.29, 1.82) is 0 Å². The molecule has 2 N–H and O–H groups in total. The molecule has 2 amide bonds. The molecule has 26 heavy (non-hydrogen) atoms. The van der Waals surface area contributed by atoms with Crippen LogP contribution < -0.4 is 5.32 Å². The van der Waals surface area contributed by atoms with Gasteiger partial charge in [-0.05, 0) is 35.4 Å². The molecule has 0 saturated carbocycles. The molecule has 2 aliphatic rings. The van der Waals surface area contributed by atoms with Crippen molar-refractivity contribution in [1.82, 2.24) is 10.2 Å². The number of phenols is 1. The Bertz CT molecular complexity index is 817. The molecule has 6 heteroatoms. The van der Waals surface area contributed by atoms with Gasteiger partial charge in [-0.25, -0.2) is 0 Å². The third kappa shape index (κ3) is 3.28. The van der Waals surface area contributed by atoms with Gasteiger partial charge in [0, 0.05) is 18.7 Å². The van der Waals surface area contributed by atoms with Crippen LogP contribution in [0.4, 0.5) is 0 Å². The minimum Gasteiger partial charge on any atom is -0.508 e. The molecule has 2 heterocycles. The van der Waals surface area contributed by atoms with Crippen LogP contribution in [-0.2, 0) is 9.53 Å². The number of rotatable bonds is 2. The molecule has 0 unspecified atom stereocenters. The molecule has 2 aromatic rings. The second-order valence-electron chi connectivity index (χ2n) is 6.77. The number of phenolic OH excluding ortho intramolecular Hbond substituents is 1. The maximum absolute atomic E-state index is 12.9. The van der Waals surface area contributed by atoms with E-state index in [0.29, 0.717) is 31.9 Å². The van der Waals surface area contributed by atoms with E-state index in [0.717, 1.165) is 11.1 Å². The Morgan fingerprint density at radius 2 is 1.65 bits per heavy atom. The lowest BCUT2D eigenvalue weighted by Gasteiger charge is -2.27. The summed E-state index contributed by atoms with van der Waals surface area (Å²) in [7, 11) is 0. The summed E-state index contributed by atoms with van der Waals surface area (Å²) in [6.45, 7) is 1.62. The van der Waals surface area contributed by atoms with Gasteiger partial charge >= 0.3 is 0 Å². The minimum absolute atomic E-state index is 0.0366. The van der Waals surface area contributed by atoms with Crippen LogP contribution in [-0.4, -0.2) is 54.2 Å². The van der Waals surface area contributed by atoms with Crippen molar-refractivity contribution in [2.24, 2.45) is 5.92 Å². The summed E-state index contributed by atoms with van der Waals surface area (Å²) in [5.74, 6) is -0.205. The summed E-state index contributed by atoms with van der Waals surface area (Å²) in [5, 5.41) is 12.3. The molecule has 0 aliphatic carbocycles. The van der Waals surface area contributed by atoms with E-state index >= 15 is 0 Å². The second kappa shape index (κ2) is 6.80. The molecule has 4 rings (SSSR count). The Balaban J connectivity index is 1.53. The first-order valence-electron chi connectivity index (χ1n) is 8.67. The molecule has 134 valence electrons. The van der Waals surface area contributed by atoms with E-state index in [4.69, 9.17) is 4.74 Å². The monoisotopic (exact) mass is 352 g/mol. The number of benzene rings is 2. The Morgan fingerprint density at radius 3 is 2.35 bits per heavy atom. The molecular formula is C20H20N2O4. The zero-order valence-electron chi connectivity index (χ0n) is 14.2. The second-order valence-corrected chi connectivity index (χ2v) is 6.77. The number of ether oxygens (including phenoxy) is 1. The van der Waals surface area contributed by atoms with Gasteiger partial charge in [0.25, 0.3) is 5.91 Å². The van der Waals surface area contributed by atoms with Crippen molar-refractivity contribution in [3.05, 3.63) is 54.1 Å². The van der Waals surface area contributed by atoms with Gasteiger partial charge in [-0.15, -0.1) is 0 Å². The number of nitrogens with zero attached hydrogens (tertiary/aromatic N) is 1. The highest BCUT2D eigenvalue weighted by Crippen LogP contribution is 2.23. The standard InChI is InChI=1S/C20H20N2O4/c23-18-7-5-14(6-8-18)13-1-3-15(4-2-13)20(25)22-9-16-11-26-12-17(10-22)21-19(16)24/h1-8,16-17,23H,9-12H2,(H,21,24)/t16-,17+/m1/s1. The number of aromatic hydroxyl groups is 1. The van der Waals surface area contributed by atoms with E-state index in [1.807, 2.05) is 24.3 Å². The SMILES string of the molecule is O=C1N[C@@H]2COC[C@H]1CN(C(=O)c1ccc(-c3ccc(O)cc3)cc1)C2. The number of carbonyl (C=O) groups is 2. The predicted octanol–water partition coefficient (Wildman–Crippen LogP) is 1.65. The summed E-state index contributed by atoms with van der Waals surface area (Å²) < 4.78 is 5.50. The maximum Gasteiger partial charge on any atom is 0.253 e. The van der Waals surface area contributed by atoms with Crippen molar-refractivity contribution in [2.45, 2.75) is 6.04 Å². The van der Waals surface area contributed by atoms with Crippen molar-refractivity contribution < 1.29 is 19.4 Å². The molecule has 6 nitrogen and oxygen atoms in total. The van der Waals surface area contributed by atoms with E-state index in [2.05, 4.69) is 5.32 Å². The lowest BCUT2D eigenvalue weighted by Crippen LogP contribution is -2.44. The topological polar surface area (TPSA) is 78.9 Å². The minimum atomic E-state index is -0.317. The molecule has 2 saturated heterocycles. The van der Waals surface area contributed by atoms with Crippen LogP contribution >= 0.6 is 0 Å². The van der Waals surface area contributed by atoms with Gasteiger partial charge in [-0.1, -0.05) is 24.3 Å². The van der Waals surface area contributed by atoms with Gasteiger partial charge < -0.3 is 20.1 Å². The third-order valence-electron chi connectivity index (χ3n) is 4.86. The molecule has 0 radical (unpaired) electrons. The maximum atomic E-state index is 12.9. The van der Waals surface area contributed by atoms with Crippen molar-refractivity contribution in [3.8, 4) is 16.9 Å². The van der Waals surface area contributed by atoms with Crippen LogP contribution in [0.2, 0.25) is 0 Å². The zero-order chi connectivity index (χ0) is 18.1. The average molecular weight is 352 g/mol. The highest BCUT2D eigenvalue weighted by Gasteiger charge is 2.35. The number of fused-ring (bicyclic) bond motifs is 3. The highest BCUT2D eigenvalue weighted by atomic mass is 16.5. The van der Waals surface area contributed by atoms with Gasteiger partial charge in [-0.2, -0.15) is 0 Å². The lowest BCUT2D eigenvalue weighted by molar-refractivity contribution is -0.125. The smallest absolute Gasteiger partial charge is 0.253 e. The van der Waals surface area contributed by atoms with Gasteiger partial charge in [-0.3, -0.25) is 9.59 Å². The molecule has 2 atom stereocenters. The van der Waals surface area contributed by atoms with E-state index < -0.39 is 0 Å². The van der Waals surface area contributed by atoms with Crippen molar-refractivity contribution >= 4 is 11.8 Å². The summed E-state index contributed by atoms with van der Waals surface area (Å²) in [4.78, 5) is 26.7. The fourth-order valence-electron chi connectivity index (χ4n) is 3.44. The summed E-state index contributed by atoms with van der Waals surface area (Å²) in [6, 6.07) is 14.2. The highest BCUT2D eigenvalue weighted by molar-refractivity contribution is 5.95. The van der Waals surface area contributed by atoms with Gasteiger partial charge in [0.15, 0.2) is 0 Å². The van der Waals surface area contributed by atoms with Crippen LogP contribution in [0, 0.1) is 5.92 Å². The molecule has 2 aliphatic heterocycles. The molecule has 2 aromatic carbocycles. The van der Waals surface area contributed by atoms with Crippen LogP contribution in [0.15, 0.2) is 48.5 Å². The van der Waals surface area contributed by atoms with Crippen LogP contribution in [0.1, 0.15) is 10.4 Å². The number of hydrogen-bond donors (Lipinski definition) is 2. The van der Waals surface area contributed by atoms with Crippen molar-refractivity contribution in [3.63, 3.8) is 0 Å². The summed E-state index contributed by atoms with van der Waals surface area (Å²) in [6.07, 6.45) is 0. The molecule has 2 fully saturated rings. The summed E-state index contributed by atoms with van der Waals surface area (Å²) >= 11 is 0. The quantitative estimate of drug-likeness (QED) is 0.861. The van der Waals surface area contributed by atoms with E-state index in [-0.39, 0.29) is 29.5 Å². The Hall–Kier alpha value is -2.86. The van der Waals surface area contributed by atoms with Gasteiger partial charge in [0.05, 0.1) is 25.2 Å². The molecule has 0 aromatic heterocycles. The van der Waals surface area contributed by atoms with E-state index in [1.54, 1.807) is 29.2 Å². The first-order chi connectivity index (χ1) is 12.6. The number of carbonyl (C=O) groups excluding carboxylic acids is 2. The van der Waals surface area contributed by atoms with Crippen molar-refractivity contribution in [2.75, 3.05) is 26.3 Å². The van der Waals surface area contributed by atoms with Crippen LogP contribution in [0.3, 0.4) is 0 Å². The summed E-state index contributed by atoms with van der Waals surface area (Å²) in [5.41, 5.74) is 2.54. The number of hydrogen-bond acceptors (Lipinski definition) is 4. The normalized spacial score (nSPS) is 22.5. The van der Waals surface area contributed by atoms with E-state index in [1.165, 1.54) is 0 Å². The lowest BCUT2D eigenvalue weighted by atomic mass is 10.0. The Kier molecular flexibility index (Phi) is 4.34. The fraction of sp³-hybridized carbons (Fsp3) is 0.300. The largest absolute Gasteiger partial charge is 0.508 e. The van der Waals surface area contributed by atoms with Gasteiger partial charge in [0.1, 0.15) is 5.75 Å². The first kappa shape index (κ1) is 16.6. The number of amides is 2. The fourth-order valence-corrected chi connectivity index (χ4v) is 3.44. The third-order valence-corrected chi connectivity index (χ3v) is 4.86. The Labute approximate surface area is 151 Å². The van der Waals surface area contributed by atoms with Crippen LogP contribution in [0.5, 0.6) is 5.75 Å². The zero-order valence-corrected chi connectivity index (χ0v) is 14.2. The molecular weight excluding hydrogens is 332 g/mol. The molecule has 0 spiro atoms. The van der Waals surface area contributed by atoms with E-state index in [9.17, 15) is 14.7 Å². The Morgan fingerprint density at radius 1 is 1.00 bits per heavy atom. The molecule has 2 bridgehead atoms. The number of nitrogens with one attached hydrogen (secondary N) is 1. The predicted molar refractivity (Wildman–Crippen MR) is 95.7 cm³/mol. The first-order valence-corrected chi connectivity index (χ1v) is 8.67. The van der Waals surface area contributed by atoms with Crippen LogP contribution in [0.25, 0.3) is 11.1 Å². The van der Waals surface area contributed by atoms with Gasteiger partial charge in [0.2, 0.25) is 5.91 Å².